The van der Waals surface area contributed by atoms with E-state index >= 15 is 0 Å². The molecule has 3 saturated heterocycles. The number of carbonyl (C=O) groups is 3. The van der Waals surface area contributed by atoms with E-state index in [0.29, 0.717) is 12.2 Å². The van der Waals surface area contributed by atoms with E-state index in [1.807, 2.05) is 26.0 Å². The minimum absolute atomic E-state index is 0.173. The van der Waals surface area contributed by atoms with Crippen LogP contribution in [0.5, 0.6) is 0 Å². The summed E-state index contributed by atoms with van der Waals surface area (Å²) in [5.41, 5.74) is 2.10. The van der Waals surface area contributed by atoms with Crippen LogP contribution in [0.3, 0.4) is 0 Å². The van der Waals surface area contributed by atoms with Crippen molar-refractivity contribution in [3.8, 4) is 0 Å². The number of anilines is 2. The highest BCUT2D eigenvalue weighted by molar-refractivity contribution is 6.26. The van der Waals surface area contributed by atoms with E-state index in [9.17, 15) is 24.5 Å². The third-order valence-corrected chi connectivity index (χ3v) is 7.74. The normalized spacial score (nSPS) is 30.1. The molecule has 1 spiro atoms. The molecule has 4 heterocycles. The zero-order valence-corrected chi connectivity index (χ0v) is 18.2. The van der Waals surface area contributed by atoms with Crippen LogP contribution in [0.1, 0.15) is 29.5 Å². The van der Waals surface area contributed by atoms with Gasteiger partial charge in [0.2, 0.25) is 17.7 Å². The van der Waals surface area contributed by atoms with Gasteiger partial charge in [0, 0.05) is 29.4 Å². The van der Waals surface area contributed by atoms with E-state index in [2.05, 4.69) is 10.2 Å². The molecule has 6 rings (SSSR count). The number of imide groups is 1. The van der Waals surface area contributed by atoms with Crippen molar-refractivity contribution in [3.63, 3.8) is 0 Å². The van der Waals surface area contributed by atoms with E-state index in [1.54, 1.807) is 0 Å². The number of fused-ring (bicyclic) bond motifs is 7. The first-order valence-corrected chi connectivity index (χ1v) is 11.1. The van der Waals surface area contributed by atoms with Crippen LogP contribution in [0, 0.1) is 35.8 Å². The van der Waals surface area contributed by atoms with Crippen molar-refractivity contribution in [2.75, 3.05) is 16.8 Å². The van der Waals surface area contributed by atoms with Gasteiger partial charge in [0.25, 0.3) is 5.69 Å². The Labute approximate surface area is 189 Å². The molecule has 0 saturated carbocycles. The van der Waals surface area contributed by atoms with Crippen molar-refractivity contribution in [2.45, 2.75) is 38.3 Å². The summed E-state index contributed by atoms with van der Waals surface area (Å²) < 4.78 is 0. The molecule has 0 aliphatic carbocycles. The Hall–Kier alpha value is -3.59. The Morgan fingerprint density at radius 3 is 2.67 bits per heavy atom. The molecular weight excluding hydrogens is 424 g/mol. The fraction of sp³-hybridized carbons (Fsp3) is 0.375. The Morgan fingerprint density at radius 1 is 1.12 bits per heavy atom. The number of nitrogens with one attached hydrogen (secondary N) is 1. The number of rotatable bonds is 2. The summed E-state index contributed by atoms with van der Waals surface area (Å²) in [6, 6.07) is 9.26. The summed E-state index contributed by atoms with van der Waals surface area (Å²) in [5.74, 6) is -2.67. The van der Waals surface area contributed by atoms with Gasteiger partial charge in [-0.25, -0.2) is 4.90 Å². The molecular formula is C24H22N4O5. The molecule has 1 N–H and O–H groups in total. The Morgan fingerprint density at radius 2 is 1.91 bits per heavy atom. The van der Waals surface area contributed by atoms with Crippen LogP contribution in [0.4, 0.5) is 17.1 Å². The highest BCUT2D eigenvalue weighted by Crippen LogP contribution is 2.61. The Bertz CT molecular complexity index is 1290. The first kappa shape index (κ1) is 20.0. The molecule has 2 aromatic carbocycles. The molecule has 9 nitrogen and oxygen atoms in total. The standard InChI is InChI=1S/C24H22N4O5/c1-12-9-13(2)20-16(10-12)24(23(31)25-20)19-18(17-7-4-8-26(17)24)21(29)27(22(19)30)14-5-3-6-15(11-14)28(32)33/h3,5-6,9-11,17-19H,4,7-8H2,1-2H3,(H,25,31)/t17-,18+,19-,24-/m0/s1. The number of aryl methyl sites for hydroxylation is 2. The zero-order chi connectivity index (χ0) is 23.2. The first-order valence-electron chi connectivity index (χ1n) is 11.1. The van der Waals surface area contributed by atoms with E-state index in [-0.39, 0.29) is 29.2 Å². The Kier molecular flexibility index (Phi) is 3.93. The van der Waals surface area contributed by atoms with Crippen LogP contribution >= 0.6 is 0 Å². The monoisotopic (exact) mass is 446 g/mol. The maximum absolute atomic E-state index is 13.9. The molecule has 0 unspecified atom stereocenters. The highest BCUT2D eigenvalue weighted by Gasteiger charge is 2.74. The predicted molar refractivity (Wildman–Crippen MR) is 119 cm³/mol. The number of amides is 3. The number of nitrogens with zero attached hydrogens (tertiary/aromatic N) is 3. The third kappa shape index (κ3) is 2.32. The molecule has 3 fully saturated rings. The molecule has 0 radical (unpaired) electrons. The average Bonchev–Trinajstić information content (AvgIpc) is 3.47. The molecule has 168 valence electrons. The van der Waals surface area contributed by atoms with E-state index in [4.69, 9.17) is 0 Å². The smallest absolute Gasteiger partial charge is 0.271 e. The Balaban J connectivity index is 1.55. The molecule has 0 bridgehead atoms. The molecule has 3 amide bonds. The number of hydrogen-bond donors (Lipinski definition) is 1. The second kappa shape index (κ2) is 6.48. The van der Waals surface area contributed by atoms with Gasteiger partial charge in [0.1, 0.15) is 5.54 Å². The maximum Gasteiger partial charge on any atom is 0.271 e. The molecule has 4 aliphatic rings. The van der Waals surface area contributed by atoms with Crippen LogP contribution in [0.25, 0.3) is 0 Å². The van der Waals surface area contributed by atoms with Gasteiger partial charge in [0.15, 0.2) is 0 Å². The second-order valence-corrected chi connectivity index (χ2v) is 9.42. The minimum atomic E-state index is -1.25. The summed E-state index contributed by atoms with van der Waals surface area (Å²) in [6.07, 6.45) is 1.56. The number of benzene rings is 2. The third-order valence-electron chi connectivity index (χ3n) is 7.74. The summed E-state index contributed by atoms with van der Waals surface area (Å²) >= 11 is 0. The quantitative estimate of drug-likeness (QED) is 0.431. The lowest BCUT2D eigenvalue weighted by Gasteiger charge is -2.36. The first-order chi connectivity index (χ1) is 15.8. The fourth-order valence-electron chi connectivity index (χ4n) is 6.66. The lowest BCUT2D eigenvalue weighted by atomic mass is 9.75. The molecule has 33 heavy (non-hydrogen) atoms. The molecule has 4 aliphatic heterocycles. The van der Waals surface area contributed by atoms with Gasteiger partial charge in [-0.3, -0.25) is 29.4 Å². The molecule has 0 aromatic heterocycles. The van der Waals surface area contributed by atoms with Crippen molar-refractivity contribution < 1.29 is 19.3 Å². The molecule has 9 heteroatoms. The summed E-state index contributed by atoms with van der Waals surface area (Å²) in [4.78, 5) is 55.2. The maximum atomic E-state index is 13.9. The van der Waals surface area contributed by atoms with Crippen LogP contribution in [-0.2, 0) is 19.9 Å². The number of nitro benzene ring substituents is 1. The van der Waals surface area contributed by atoms with Crippen LogP contribution in [0.15, 0.2) is 36.4 Å². The van der Waals surface area contributed by atoms with Crippen LogP contribution < -0.4 is 10.2 Å². The zero-order valence-electron chi connectivity index (χ0n) is 18.2. The lowest BCUT2D eigenvalue weighted by molar-refractivity contribution is -0.384. The lowest BCUT2D eigenvalue weighted by Crippen LogP contribution is -2.54. The van der Waals surface area contributed by atoms with Gasteiger partial charge in [-0.1, -0.05) is 23.8 Å². The van der Waals surface area contributed by atoms with Crippen molar-refractivity contribution in [1.29, 1.82) is 0 Å². The number of non-ortho nitro benzene ring substituents is 1. The summed E-state index contributed by atoms with van der Waals surface area (Å²) in [5, 5.41) is 14.3. The number of hydrogen-bond acceptors (Lipinski definition) is 6. The molecule has 2 aromatic rings. The fourth-order valence-corrected chi connectivity index (χ4v) is 6.66. The van der Waals surface area contributed by atoms with E-state index in [0.717, 1.165) is 34.4 Å². The van der Waals surface area contributed by atoms with Crippen molar-refractivity contribution in [2.24, 2.45) is 11.8 Å². The summed E-state index contributed by atoms with van der Waals surface area (Å²) in [7, 11) is 0. The van der Waals surface area contributed by atoms with Gasteiger partial charge in [-0.15, -0.1) is 0 Å². The minimum Gasteiger partial charge on any atom is -0.324 e. The van der Waals surface area contributed by atoms with Crippen molar-refractivity contribution in [1.82, 2.24) is 4.90 Å². The van der Waals surface area contributed by atoms with Crippen molar-refractivity contribution >= 4 is 34.8 Å². The summed E-state index contributed by atoms with van der Waals surface area (Å²) in [6.45, 7) is 4.51. The molecule has 4 atom stereocenters. The van der Waals surface area contributed by atoms with Gasteiger partial charge in [0.05, 0.1) is 22.4 Å². The van der Waals surface area contributed by atoms with Crippen molar-refractivity contribution in [3.05, 3.63) is 63.2 Å². The van der Waals surface area contributed by atoms with Crippen LogP contribution in [0.2, 0.25) is 0 Å². The number of nitro groups is 1. The second-order valence-electron chi connectivity index (χ2n) is 9.42. The van der Waals surface area contributed by atoms with E-state index in [1.165, 1.54) is 24.3 Å². The SMILES string of the molecule is Cc1cc(C)c2c(c1)[C@@]1(C(=O)N2)[C@@H]2C(=O)N(c3cccc([N+](=O)[O-])c3)C(=O)[C@@H]2[C@@H]2CCCN21. The van der Waals surface area contributed by atoms with Crippen LogP contribution in [-0.4, -0.2) is 40.1 Å². The van der Waals surface area contributed by atoms with E-state index < -0.39 is 28.2 Å². The van der Waals surface area contributed by atoms with Gasteiger partial charge < -0.3 is 5.32 Å². The highest BCUT2D eigenvalue weighted by atomic mass is 16.6. The topological polar surface area (TPSA) is 113 Å². The number of carbonyl (C=O) groups excluding carboxylic acids is 3. The van der Waals surface area contributed by atoms with Gasteiger partial charge >= 0.3 is 0 Å². The average molecular weight is 446 g/mol. The van der Waals surface area contributed by atoms with Gasteiger partial charge in [-0.2, -0.15) is 0 Å². The predicted octanol–water partition coefficient (Wildman–Crippen LogP) is 2.64. The van der Waals surface area contributed by atoms with Gasteiger partial charge in [-0.05, 0) is 44.9 Å². The largest absolute Gasteiger partial charge is 0.324 e.